The fourth-order valence-electron chi connectivity index (χ4n) is 2.25. The van der Waals surface area contributed by atoms with Crippen LogP contribution in [-0.4, -0.2) is 12.5 Å². The number of benzene rings is 3. The molecular formula is C18H13Cl2NO2. The van der Waals surface area contributed by atoms with Gasteiger partial charge in [0.2, 0.25) is 0 Å². The Hall–Kier alpha value is -2.23. The fraction of sp³-hybridized carbons (Fsp3) is 0.0556. The molecule has 3 rings (SSSR count). The number of hydrogen-bond donors (Lipinski definition) is 1. The molecule has 0 heterocycles. The van der Waals surface area contributed by atoms with E-state index in [2.05, 4.69) is 5.32 Å². The molecule has 0 spiro atoms. The number of anilines is 1. The average molecular weight is 346 g/mol. The van der Waals surface area contributed by atoms with Crippen molar-refractivity contribution in [1.29, 1.82) is 0 Å². The monoisotopic (exact) mass is 345 g/mol. The van der Waals surface area contributed by atoms with Gasteiger partial charge in [-0.05, 0) is 24.3 Å². The lowest BCUT2D eigenvalue weighted by Gasteiger charge is -2.11. The second-order valence-corrected chi connectivity index (χ2v) is 5.72. The van der Waals surface area contributed by atoms with Gasteiger partial charge in [0.1, 0.15) is 5.75 Å². The van der Waals surface area contributed by atoms with E-state index in [0.29, 0.717) is 21.5 Å². The third-order valence-electron chi connectivity index (χ3n) is 3.34. The summed E-state index contributed by atoms with van der Waals surface area (Å²) in [4.78, 5) is 12.0. The third-order valence-corrected chi connectivity index (χ3v) is 4.00. The number of para-hydroxylation sites is 1. The molecule has 0 saturated carbocycles. The normalized spacial score (nSPS) is 10.5. The van der Waals surface area contributed by atoms with Gasteiger partial charge in [-0.3, -0.25) is 4.79 Å². The van der Waals surface area contributed by atoms with Crippen molar-refractivity contribution >= 4 is 45.6 Å². The lowest BCUT2D eigenvalue weighted by molar-refractivity contribution is -0.118. The number of rotatable bonds is 4. The van der Waals surface area contributed by atoms with Gasteiger partial charge >= 0.3 is 0 Å². The highest BCUT2D eigenvalue weighted by atomic mass is 35.5. The second-order valence-electron chi connectivity index (χ2n) is 4.91. The van der Waals surface area contributed by atoms with E-state index < -0.39 is 0 Å². The SMILES string of the molecule is O=C(COc1ccc(Cl)c2ccccc12)Nc1ccccc1Cl. The summed E-state index contributed by atoms with van der Waals surface area (Å²) in [6.07, 6.45) is 0. The smallest absolute Gasteiger partial charge is 0.262 e. The van der Waals surface area contributed by atoms with E-state index in [1.165, 1.54) is 0 Å². The van der Waals surface area contributed by atoms with E-state index in [4.69, 9.17) is 27.9 Å². The molecule has 0 atom stereocenters. The van der Waals surface area contributed by atoms with Crippen LogP contribution in [0.5, 0.6) is 5.75 Å². The molecular weight excluding hydrogens is 333 g/mol. The van der Waals surface area contributed by atoms with Gasteiger partial charge in [0.15, 0.2) is 6.61 Å². The lowest BCUT2D eigenvalue weighted by Crippen LogP contribution is -2.20. The molecule has 0 aliphatic heterocycles. The Morgan fingerprint density at radius 1 is 0.870 bits per heavy atom. The molecule has 0 saturated heterocycles. The first-order chi connectivity index (χ1) is 11.1. The van der Waals surface area contributed by atoms with Crippen LogP contribution in [0.4, 0.5) is 5.69 Å². The molecule has 5 heteroatoms. The minimum Gasteiger partial charge on any atom is -0.483 e. The summed E-state index contributed by atoms with van der Waals surface area (Å²) in [5.74, 6) is 0.330. The van der Waals surface area contributed by atoms with Crippen molar-refractivity contribution in [3.63, 3.8) is 0 Å². The number of ether oxygens (including phenoxy) is 1. The number of carbonyl (C=O) groups is 1. The van der Waals surface area contributed by atoms with Crippen LogP contribution in [0.2, 0.25) is 10.0 Å². The number of halogens is 2. The quantitative estimate of drug-likeness (QED) is 0.708. The third kappa shape index (κ3) is 3.58. The Kier molecular flexibility index (Phi) is 4.70. The van der Waals surface area contributed by atoms with Crippen LogP contribution < -0.4 is 10.1 Å². The molecule has 0 radical (unpaired) electrons. The average Bonchev–Trinajstić information content (AvgIpc) is 2.57. The van der Waals surface area contributed by atoms with Gasteiger partial charge in [-0.25, -0.2) is 0 Å². The first kappa shape index (κ1) is 15.7. The topological polar surface area (TPSA) is 38.3 Å². The number of nitrogens with one attached hydrogen (secondary N) is 1. The van der Waals surface area contributed by atoms with Crippen molar-refractivity contribution in [3.8, 4) is 5.75 Å². The number of carbonyl (C=O) groups excluding carboxylic acids is 1. The van der Waals surface area contributed by atoms with Crippen LogP contribution in [0, 0.1) is 0 Å². The van der Waals surface area contributed by atoms with Gasteiger partial charge in [0.25, 0.3) is 5.91 Å². The fourth-order valence-corrected chi connectivity index (χ4v) is 2.66. The molecule has 1 N–H and O–H groups in total. The summed E-state index contributed by atoms with van der Waals surface area (Å²) >= 11 is 12.2. The van der Waals surface area contributed by atoms with Gasteiger partial charge in [-0.1, -0.05) is 59.6 Å². The van der Waals surface area contributed by atoms with Crippen LogP contribution in [-0.2, 0) is 4.79 Å². The second kappa shape index (κ2) is 6.90. The Bertz CT molecular complexity index is 865. The molecule has 0 aromatic heterocycles. The van der Waals surface area contributed by atoms with Crippen molar-refractivity contribution in [3.05, 3.63) is 70.7 Å². The van der Waals surface area contributed by atoms with Gasteiger partial charge in [-0.15, -0.1) is 0 Å². The van der Waals surface area contributed by atoms with Gasteiger partial charge < -0.3 is 10.1 Å². The summed E-state index contributed by atoms with van der Waals surface area (Å²) in [6, 6.07) is 18.2. The first-order valence-corrected chi connectivity index (χ1v) is 7.75. The Balaban J connectivity index is 1.73. The summed E-state index contributed by atoms with van der Waals surface area (Å²) in [5.41, 5.74) is 0.559. The number of fused-ring (bicyclic) bond motifs is 1. The van der Waals surface area contributed by atoms with E-state index in [1.807, 2.05) is 24.3 Å². The molecule has 0 aliphatic rings. The highest BCUT2D eigenvalue weighted by Gasteiger charge is 2.09. The Morgan fingerprint density at radius 2 is 1.57 bits per heavy atom. The van der Waals surface area contributed by atoms with Crippen LogP contribution >= 0.6 is 23.2 Å². The molecule has 0 aliphatic carbocycles. The predicted molar refractivity (Wildman–Crippen MR) is 94.5 cm³/mol. The van der Waals surface area contributed by atoms with Crippen molar-refractivity contribution < 1.29 is 9.53 Å². The van der Waals surface area contributed by atoms with Crippen LogP contribution in [0.1, 0.15) is 0 Å². The zero-order valence-corrected chi connectivity index (χ0v) is 13.6. The molecule has 1 amide bonds. The highest BCUT2D eigenvalue weighted by Crippen LogP contribution is 2.31. The lowest BCUT2D eigenvalue weighted by atomic mass is 10.1. The first-order valence-electron chi connectivity index (χ1n) is 6.99. The maximum Gasteiger partial charge on any atom is 0.262 e. The molecule has 116 valence electrons. The standard InChI is InChI=1S/C18H13Cl2NO2/c19-14-9-10-17(13-6-2-1-5-12(13)14)23-11-18(22)21-16-8-4-3-7-15(16)20/h1-10H,11H2,(H,21,22). The predicted octanol–water partition coefficient (Wildman–Crippen LogP) is 5.16. The summed E-state index contributed by atoms with van der Waals surface area (Å²) in [7, 11) is 0. The van der Waals surface area contributed by atoms with Gasteiger partial charge in [0, 0.05) is 15.8 Å². The Morgan fingerprint density at radius 3 is 2.35 bits per heavy atom. The minimum absolute atomic E-state index is 0.114. The largest absolute Gasteiger partial charge is 0.483 e. The molecule has 0 unspecified atom stereocenters. The van der Waals surface area contributed by atoms with Gasteiger partial charge in [0.05, 0.1) is 10.7 Å². The van der Waals surface area contributed by atoms with Crippen molar-refractivity contribution in [2.45, 2.75) is 0 Å². The maximum absolute atomic E-state index is 12.0. The summed E-state index contributed by atoms with van der Waals surface area (Å²) in [6.45, 7) is -0.114. The van der Waals surface area contributed by atoms with E-state index in [0.717, 1.165) is 10.8 Å². The molecule has 0 bridgehead atoms. The molecule has 0 fully saturated rings. The maximum atomic E-state index is 12.0. The van der Waals surface area contributed by atoms with Gasteiger partial charge in [-0.2, -0.15) is 0 Å². The molecule has 23 heavy (non-hydrogen) atoms. The zero-order chi connectivity index (χ0) is 16.2. The van der Waals surface area contributed by atoms with Crippen molar-refractivity contribution in [2.75, 3.05) is 11.9 Å². The summed E-state index contributed by atoms with van der Waals surface area (Å²) < 4.78 is 5.63. The van der Waals surface area contributed by atoms with E-state index in [1.54, 1.807) is 36.4 Å². The van der Waals surface area contributed by atoms with Crippen LogP contribution in [0.15, 0.2) is 60.7 Å². The highest BCUT2D eigenvalue weighted by molar-refractivity contribution is 6.35. The number of amides is 1. The van der Waals surface area contributed by atoms with Crippen LogP contribution in [0.25, 0.3) is 10.8 Å². The number of hydrogen-bond acceptors (Lipinski definition) is 2. The van der Waals surface area contributed by atoms with E-state index in [-0.39, 0.29) is 12.5 Å². The molecule has 3 nitrogen and oxygen atoms in total. The van der Waals surface area contributed by atoms with Crippen molar-refractivity contribution in [2.24, 2.45) is 0 Å². The van der Waals surface area contributed by atoms with E-state index in [9.17, 15) is 4.79 Å². The van der Waals surface area contributed by atoms with Crippen LogP contribution in [0.3, 0.4) is 0 Å². The Labute approximate surface area is 143 Å². The molecule has 3 aromatic rings. The zero-order valence-electron chi connectivity index (χ0n) is 12.1. The van der Waals surface area contributed by atoms with Crippen molar-refractivity contribution in [1.82, 2.24) is 0 Å². The molecule has 3 aromatic carbocycles. The summed E-state index contributed by atoms with van der Waals surface area (Å²) in [5, 5.41) is 5.60. The van der Waals surface area contributed by atoms with E-state index >= 15 is 0 Å². The minimum atomic E-state index is -0.280.